The smallest absolute Gasteiger partial charge is 0.261 e. The van der Waals surface area contributed by atoms with E-state index in [1.165, 1.54) is 0 Å². The average Bonchev–Trinajstić information content (AvgIpc) is 3.09. The first kappa shape index (κ1) is 20.3. The summed E-state index contributed by atoms with van der Waals surface area (Å²) in [5.41, 5.74) is 2.34. The van der Waals surface area contributed by atoms with Gasteiger partial charge in [-0.2, -0.15) is 0 Å². The lowest BCUT2D eigenvalue weighted by Crippen LogP contribution is -2.13. The number of nitrogens with one attached hydrogen (secondary N) is 1. The van der Waals surface area contributed by atoms with Crippen LogP contribution in [0.5, 0.6) is 0 Å². The van der Waals surface area contributed by atoms with Crippen LogP contribution >= 0.6 is 0 Å². The van der Waals surface area contributed by atoms with Crippen LogP contribution in [-0.2, 0) is 33.1 Å². The number of nitrogens with zero attached hydrogens (tertiary/aromatic N) is 2. The van der Waals surface area contributed by atoms with E-state index in [9.17, 15) is 12.6 Å². The molecule has 1 heterocycles. The SMILES string of the molecule is CCCn1cncc1CS(=O)c1ccc(NS(=O)(=O)c2ccc(C)cc2)cc1. The minimum Gasteiger partial charge on any atom is -0.334 e. The second-order valence-electron chi connectivity index (χ2n) is 6.51. The molecule has 1 N–H and O–H groups in total. The van der Waals surface area contributed by atoms with E-state index < -0.39 is 20.8 Å². The summed E-state index contributed by atoms with van der Waals surface area (Å²) in [6.45, 7) is 4.82. The lowest BCUT2D eigenvalue weighted by molar-refractivity contribution is 0.601. The van der Waals surface area contributed by atoms with E-state index in [0.717, 1.165) is 24.2 Å². The summed E-state index contributed by atoms with van der Waals surface area (Å²) >= 11 is 0. The third-order valence-electron chi connectivity index (χ3n) is 4.24. The third kappa shape index (κ3) is 4.88. The third-order valence-corrected chi connectivity index (χ3v) is 7.00. The number of rotatable bonds is 8. The molecule has 0 radical (unpaired) electrons. The molecule has 0 saturated heterocycles. The van der Waals surface area contributed by atoms with Crippen molar-refractivity contribution in [1.29, 1.82) is 0 Å². The number of benzene rings is 2. The van der Waals surface area contributed by atoms with Gasteiger partial charge in [-0.05, 0) is 49.7 Å². The van der Waals surface area contributed by atoms with Gasteiger partial charge in [-0.25, -0.2) is 13.4 Å². The van der Waals surface area contributed by atoms with Crippen LogP contribution in [0.1, 0.15) is 24.6 Å². The van der Waals surface area contributed by atoms with Gasteiger partial charge in [-0.1, -0.05) is 24.6 Å². The molecule has 0 amide bonds. The lowest BCUT2D eigenvalue weighted by Gasteiger charge is -2.10. The molecule has 1 aromatic heterocycles. The Bertz CT molecular complexity index is 1060. The molecule has 28 heavy (non-hydrogen) atoms. The fraction of sp³-hybridized carbons (Fsp3) is 0.250. The Morgan fingerprint density at radius 1 is 1.07 bits per heavy atom. The fourth-order valence-electron chi connectivity index (χ4n) is 2.73. The van der Waals surface area contributed by atoms with Gasteiger partial charge in [0.2, 0.25) is 0 Å². The Labute approximate surface area is 168 Å². The van der Waals surface area contributed by atoms with Crippen LogP contribution in [0.4, 0.5) is 5.69 Å². The first-order valence-electron chi connectivity index (χ1n) is 8.96. The van der Waals surface area contributed by atoms with Crippen LogP contribution in [0.15, 0.2) is 70.8 Å². The number of hydrogen-bond donors (Lipinski definition) is 1. The van der Waals surface area contributed by atoms with Crippen LogP contribution < -0.4 is 4.72 Å². The van der Waals surface area contributed by atoms with E-state index in [1.807, 2.05) is 11.5 Å². The number of hydrogen-bond acceptors (Lipinski definition) is 4. The molecule has 0 aliphatic heterocycles. The molecular weight excluding hydrogens is 394 g/mol. The Morgan fingerprint density at radius 2 is 1.75 bits per heavy atom. The first-order chi connectivity index (χ1) is 13.4. The minimum absolute atomic E-state index is 0.204. The highest BCUT2D eigenvalue weighted by molar-refractivity contribution is 7.92. The Balaban J connectivity index is 1.70. The van der Waals surface area contributed by atoms with Crippen molar-refractivity contribution >= 4 is 26.5 Å². The van der Waals surface area contributed by atoms with Gasteiger partial charge in [-0.3, -0.25) is 8.93 Å². The zero-order chi connectivity index (χ0) is 20.1. The predicted octanol–water partition coefficient (Wildman–Crippen LogP) is 3.71. The molecule has 148 valence electrons. The van der Waals surface area contributed by atoms with Crippen LogP contribution in [0, 0.1) is 6.92 Å². The van der Waals surface area contributed by atoms with Crippen LogP contribution in [0.25, 0.3) is 0 Å². The molecule has 3 aromatic rings. The molecule has 2 aromatic carbocycles. The second-order valence-corrected chi connectivity index (χ2v) is 9.64. The van der Waals surface area contributed by atoms with Crippen LogP contribution in [0.3, 0.4) is 0 Å². The van der Waals surface area contributed by atoms with Crippen LogP contribution in [-0.4, -0.2) is 22.2 Å². The molecule has 0 bridgehead atoms. The number of imidazole rings is 1. The highest BCUT2D eigenvalue weighted by Crippen LogP contribution is 2.19. The summed E-state index contributed by atoms with van der Waals surface area (Å²) in [4.78, 5) is 4.97. The van der Waals surface area contributed by atoms with Gasteiger partial charge < -0.3 is 4.57 Å². The molecule has 1 unspecified atom stereocenters. The monoisotopic (exact) mass is 417 g/mol. The molecule has 8 heteroatoms. The minimum atomic E-state index is -3.65. The molecular formula is C20H23N3O3S2. The van der Waals surface area contributed by atoms with Crippen molar-refractivity contribution in [2.45, 2.75) is 42.4 Å². The molecule has 1 atom stereocenters. The van der Waals surface area contributed by atoms with Crippen molar-refractivity contribution in [2.24, 2.45) is 0 Å². The molecule has 0 saturated carbocycles. The first-order valence-corrected chi connectivity index (χ1v) is 11.8. The van der Waals surface area contributed by atoms with E-state index in [0.29, 0.717) is 16.3 Å². The van der Waals surface area contributed by atoms with E-state index in [1.54, 1.807) is 61.1 Å². The van der Waals surface area contributed by atoms with Crippen molar-refractivity contribution < 1.29 is 12.6 Å². The molecule has 0 fully saturated rings. The standard InChI is InChI=1S/C20H23N3O3S2/c1-3-12-23-15-21-13-18(23)14-27(24)19-8-6-17(7-9-19)22-28(25,26)20-10-4-16(2)5-11-20/h4-11,13,15,22H,3,12,14H2,1-2H3. The van der Waals surface area contributed by atoms with Crippen molar-refractivity contribution in [1.82, 2.24) is 9.55 Å². The molecule has 6 nitrogen and oxygen atoms in total. The maximum Gasteiger partial charge on any atom is 0.261 e. The maximum absolute atomic E-state index is 12.6. The topological polar surface area (TPSA) is 81.1 Å². The van der Waals surface area contributed by atoms with Crippen molar-refractivity contribution in [2.75, 3.05) is 4.72 Å². The van der Waals surface area contributed by atoms with Gasteiger partial charge in [0.25, 0.3) is 10.0 Å². The maximum atomic E-state index is 12.6. The van der Waals surface area contributed by atoms with Crippen LogP contribution in [0.2, 0.25) is 0 Å². The number of anilines is 1. The zero-order valence-electron chi connectivity index (χ0n) is 15.8. The van der Waals surface area contributed by atoms with E-state index in [2.05, 4.69) is 16.6 Å². The largest absolute Gasteiger partial charge is 0.334 e. The second kappa shape index (κ2) is 8.70. The highest BCUT2D eigenvalue weighted by atomic mass is 32.2. The summed E-state index contributed by atoms with van der Waals surface area (Å²) in [5.74, 6) is 0.369. The van der Waals surface area contributed by atoms with Crippen molar-refractivity contribution in [3.8, 4) is 0 Å². The number of aromatic nitrogens is 2. The van der Waals surface area contributed by atoms with Crippen molar-refractivity contribution in [3.05, 3.63) is 72.3 Å². The van der Waals surface area contributed by atoms with Gasteiger partial charge >= 0.3 is 0 Å². The van der Waals surface area contributed by atoms with E-state index >= 15 is 0 Å². The van der Waals surface area contributed by atoms with Crippen molar-refractivity contribution in [3.63, 3.8) is 0 Å². The molecule has 3 rings (SSSR count). The zero-order valence-corrected chi connectivity index (χ0v) is 17.5. The quantitative estimate of drug-likeness (QED) is 0.606. The predicted molar refractivity (Wildman–Crippen MR) is 111 cm³/mol. The molecule has 0 spiro atoms. The normalized spacial score (nSPS) is 12.6. The van der Waals surface area contributed by atoms with E-state index in [4.69, 9.17) is 0 Å². The van der Waals surface area contributed by atoms with Gasteiger partial charge in [-0.15, -0.1) is 0 Å². The summed E-state index contributed by atoms with van der Waals surface area (Å²) in [6, 6.07) is 13.3. The molecule has 0 aliphatic rings. The Morgan fingerprint density at radius 3 is 2.39 bits per heavy atom. The van der Waals surface area contributed by atoms with Gasteiger partial charge in [0.15, 0.2) is 0 Å². The summed E-state index contributed by atoms with van der Waals surface area (Å²) < 4.78 is 42.1. The number of sulfonamides is 1. The van der Waals surface area contributed by atoms with Gasteiger partial charge in [0.05, 0.1) is 33.5 Å². The Kier molecular flexibility index (Phi) is 6.31. The summed E-state index contributed by atoms with van der Waals surface area (Å²) in [5, 5.41) is 0. The van der Waals surface area contributed by atoms with E-state index in [-0.39, 0.29) is 4.90 Å². The summed E-state index contributed by atoms with van der Waals surface area (Å²) in [7, 11) is -4.89. The highest BCUT2D eigenvalue weighted by Gasteiger charge is 2.14. The average molecular weight is 418 g/mol. The summed E-state index contributed by atoms with van der Waals surface area (Å²) in [6.07, 6.45) is 4.46. The van der Waals surface area contributed by atoms with Gasteiger partial charge in [0.1, 0.15) is 0 Å². The number of aryl methyl sites for hydroxylation is 2. The van der Waals surface area contributed by atoms with Gasteiger partial charge in [0, 0.05) is 23.3 Å². The molecule has 0 aliphatic carbocycles. The lowest BCUT2D eigenvalue weighted by atomic mass is 10.2. The Hall–Kier alpha value is -2.45. The fourth-order valence-corrected chi connectivity index (χ4v) is 4.91.